The summed E-state index contributed by atoms with van der Waals surface area (Å²) in [4.78, 5) is 29.1. The fraction of sp³-hybridized carbons (Fsp3) is 0.455. The third-order valence-electron chi connectivity index (χ3n) is 5.76. The lowest BCUT2D eigenvalue weighted by molar-refractivity contribution is -0.121. The molecule has 2 aromatic heterocycles. The van der Waals surface area contributed by atoms with Gasteiger partial charge in [0.1, 0.15) is 17.5 Å². The summed E-state index contributed by atoms with van der Waals surface area (Å²) >= 11 is 0. The van der Waals surface area contributed by atoms with Crippen LogP contribution in [0.15, 0.2) is 41.6 Å². The minimum absolute atomic E-state index is 0.0590. The van der Waals surface area contributed by atoms with Crippen molar-refractivity contribution in [3.63, 3.8) is 0 Å². The van der Waals surface area contributed by atoms with Crippen LogP contribution >= 0.6 is 0 Å². The predicted octanol–water partition coefficient (Wildman–Crippen LogP) is 2.87. The third kappa shape index (κ3) is 4.75. The van der Waals surface area contributed by atoms with Crippen LogP contribution in [0.1, 0.15) is 44.1 Å². The number of carbonyl (C=O) groups is 1. The molecule has 0 aliphatic heterocycles. The number of halogens is 1. The molecule has 1 aromatic carbocycles. The third-order valence-corrected chi connectivity index (χ3v) is 5.76. The van der Waals surface area contributed by atoms with Crippen LogP contribution in [0.4, 0.5) is 4.39 Å². The normalized spacial score (nSPS) is 14.4. The first-order valence-corrected chi connectivity index (χ1v) is 10.5. The topological polar surface area (TPSA) is 81.8 Å². The van der Waals surface area contributed by atoms with Crippen LogP contribution in [0.2, 0.25) is 0 Å². The van der Waals surface area contributed by atoms with Crippen LogP contribution in [-0.2, 0) is 17.9 Å². The van der Waals surface area contributed by atoms with E-state index in [1.807, 2.05) is 0 Å². The van der Waals surface area contributed by atoms with Crippen molar-refractivity contribution in [3.8, 4) is 0 Å². The molecule has 1 N–H and O–H groups in total. The van der Waals surface area contributed by atoms with Gasteiger partial charge in [0, 0.05) is 13.0 Å². The van der Waals surface area contributed by atoms with Crippen molar-refractivity contribution in [3.05, 3.63) is 58.5 Å². The van der Waals surface area contributed by atoms with Crippen LogP contribution in [0.5, 0.6) is 0 Å². The van der Waals surface area contributed by atoms with Gasteiger partial charge in [-0.2, -0.15) is 5.10 Å². The first-order valence-electron chi connectivity index (χ1n) is 10.5. The fourth-order valence-corrected chi connectivity index (χ4v) is 4.13. The molecular weight excluding hydrogens is 385 g/mol. The number of nitrogens with one attached hydrogen (secondary N) is 1. The second-order valence-corrected chi connectivity index (χ2v) is 7.95. The molecule has 30 heavy (non-hydrogen) atoms. The molecule has 8 heteroatoms. The Kier molecular flexibility index (Phi) is 6.21. The lowest BCUT2D eigenvalue weighted by Crippen LogP contribution is -2.28. The highest BCUT2D eigenvalue weighted by Crippen LogP contribution is 2.28. The number of benzene rings is 1. The monoisotopic (exact) mass is 411 g/mol. The SMILES string of the molecule is O=C(CCC1CCCC1)NCCn1ncc2c(=O)n(Cc3cccc(F)c3)cnc21. The Bertz CT molecular complexity index is 1080. The summed E-state index contributed by atoms with van der Waals surface area (Å²) in [7, 11) is 0. The van der Waals surface area contributed by atoms with E-state index in [2.05, 4.69) is 15.4 Å². The van der Waals surface area contributed by atoms with E-state index >= 15 is 0 Å². The van der Waals surface area contributed by atoms with Gasteiger partial charge in [0.2, 0.25) is 5.91 Å². The minimum atomic E-state index is -0.340. The van der Waals surface area contributed by atoms with E-state index in [1.165, 1.54) is 54.9 Å². The van der Waals surface area contributed by atoms with Gasteiger partial charge < -0.3 is 5.32 Å². The summed E-state index contributed by atoms with van der Waals surface area (Å²) in [5, 5.41) is 7.59. The molecule has 0 bridgehead atoms. The molecule has 2 heterocycles. The standard InChI is InChI=1S/C22H26FN5O2/c23-18-7-3-6-17(12-18)14-27-15-25-21-19(22(27)30)13-26-28(21)11-10-24-20(29)9-8-16-4-1-2-5-16/h3,6-7,12-13,15-16H,1-2,4-5,8-11,14H2,(H,24,29). The van der Waals surface area contributed by atoms with E-state index in [0.717, 1.165) is 6.42 Å². The highest BCUT2D eigenvalue weighted by Gasteiger charge is 2.16. The number of hydrogen-bond acceptors (Lipinski definition) is 4. The van der Waals surface area contributed by atoms with Gasteiger partial charge in [-0.25, -0.2) is 14.1 Å². The van der Waals surface area contributed by atoms with Crippen molar-refractivity contribution in [2.45, 2.75) is 51.6 Å². The van der Waals surface area contributed by atoms with Crippen LogP contribution in [0, 0.1) is 11.7 Å². The Morgan fingerprint density at radius 1 is 1.27 bits per heavy atom. The molecule has 1 amide bonds. The molecule has 4 rings (SSSR count). The minimum Gasteiger partial charge on any atom is -0.354 e. The summed E-state index contributed by atoms with van der Waals surface area (Å²) in [6.45, 7) is 1.12. The summed E-state index contributed by atoms with van der Waals surface area (Å²) in [6.07, 6.45) is 9.54. The van der Waals surface area contributed by atoms with Crippen LogP contribution in [0.3, 0.4) is 0 Å². The maximum absolute atomic E-state index is 13.4. The molecule has 0 unspecified atom stereocenters. The molecule has 1 aliphatic rings. The van der Waals surface area contributed by atoms with E-state index in [0.29, 0.717) is 42.0 Å². The molecule has 1 saturated carbocycles. The lowest BCUT2D eigenvalue weighted by atomic mass is 10.0. The number of hydrogen-bond donors (Lipinski definition) is 1. The molecule has 0 saturated heterocycles. The predicted molar refractivity (Wildman–Crippen MR) is 111 cm³/mol. The highest BCUT2D eigenvalue weighted by molar-refractivity contribution is 5.76. The molecular formula is C22H26FN5O2. The van der Waals surface area contributed by atoms with Gasteiger partial charge in [0.05, 0.1) is 19.3 Å². The summed E-state index contributed by atoms with van der Waals surface area (Å²) < 4.78 is 16.4. The average Bonchev–Trinajstić information content (AvgIpc) is 3.39. The number of fused-ring (bicyclic) bond motifs is 1. The Labute approximate surface area is 173 Å². The van der Waals surface area contributed by atoms with E-state index in [-0.39, 0.29) is 23.8 Å². The Morgan fingerprint density at radius 3 is 2.90 bits per heavy atom. The highest BCUT2D eigenvalue weighted by atomic mass is 19.1. The Balaban J connectivity index is 1.35. The molecule has 1 fully saturated rings. The van der Waals surface area contributed by atoms with E-state index in [4.69, 9.17) is 0 Å². The van der Waals surface area contributed by atoms with E-state index < -0.39 is 0 Å². The number of aromatic nitrogens is 4. The van der Waals surface area contributed by atoms with Crippen LogP contribution in [0.25, 0.3) is 11.0 Å². The Hall–Kier alpha value is -3.03. The zero-order chi connectivity index (χ0) is 20.9. The van der Waals surface area contributed by atoms with Gasteiger partial charge >= 0.3 is 0 Å². The van der Waals surface area contributed by atoms with Crippen molar-refractivity contribution in [1.82, 2.24) is 24.6 Å². The molecule has 1 aliphatic carbocycles. The zero-order valence-electron chi connectivity index (χ0n) is 16.9. The second kappa shape index (κ2) is 9.19. The molecule has 158 valence electrons. The quantitative estimate of drug-likeness (QED) is 0.618. The number of rotatable bonds is 8. The molecule has 0 atom stereocenters. The molecule has 3 aromatic rings. The van der Waals surface area contributed by atoms with Gasteiger partial charge in [0.25, 0.3) is 5.56 Å². The van der Waals surface area contributed by atoms with Gasteiger partial charge in [-0.05, 0) is 30.0 Å². The molecule has 7 nitrogen and oxygen atoms in total. The first-order chi connectivity index (χ1) is 14.6. The van der Waals surface area contributed by atoms with Crippen molar-refractivity contribution in [2.75, 3.05) is 6.54 Å². The van der Waals surface area contributed by atoms with Crippen molar-refractivity contribution >= 4 is 16.9 Å². The lowest BCUT2D eigenvalue weighted by Gasteiger charge is -2.09. The van der Waals surface area contributed by atoms with E-state index in [1.54, 1.807) is 16.8 Å². The van der Waals surface area contributed by atoms with Crippen LogP contribution in [-0.4, -0.2) is 31.8 Å². The molecule has 0 spiro atoms. The van der Waals surface area contributed by atoms with Gasteiger partial charge in [-0.1, -0.05) is 37.8 Å². The smallest absolute Gasteiger partial charge is 0.264 e. The fourth-order valence-electron chi connectivity index (χ4n) is 4.13. The maximum Gasteiger partial charge on any atom is 0.264 e. The molecule has 0 radical (unpaired) electrons. The van der Waals surface area contributed by atoms with Gasteiger partial charge in [0.15, 0.2) is 5.65 Å². The second-order valence-electron chi connectivity index (χ2n) is 7.95. The summed E-state index contributed by atoms with van der Waals surface area (Å²) in [5.41, 5.74) is 0.942. The van der Waals surface area contributed by atoms with Crippen molar-refractivity contribution in [2.24, 2.45) is 5.92 Å². The largest absolute Gasteiger partial charge is 0.354 e. The first kappa shape index (κ1) is 20.3. The zero-order valence-corrected chi connectivity index (χ0v) is 16.9. The number of nitrogens with zero attached hydrogens (tertiary/aromatic N) is 4. The van der Waals surface area contributed by atoms with E-state index in [9.17, 15) is 14.0 Å². The van der Waals surface area contributed by atoms with Crippen molar-refractivity contribution < 1.29 is 9.18 Å². The number of carbonyl (C=O) groups excluding carboxylic acids is 1. The van der Waals surface area contributed by atoms with Gasteiger partial charge in [-0.3, -0.25) is 14.2 Å². The Morgan fingerprint density at radius 2 is 2.10 bits per heavy atom. The summed E-state index contributed by atoms with van der Waals surface area (Å²) in [5.74, 6) is 0.418. The number of amides is 1. The van der Waals surface area contributed by atoms with Gasteiger partial charge in [-0.15, -0.1) is 0 Å². The van der Waals surface area contributed by atoms with Crippen molar-refractivity contribution in [1.29, 1.82) is 0 Å². The van der Waals surface area contributed by atoms with Crippen LogP contribution < -0.4 is 10.9 Å². The summed E-state index contributed by atoms with van der Waals surface area (Å²) in [6, 6.07) is 6.14. The average molecular weight is 411 g/mol. The maximum atomic E-state index is 13.4.